The van der Waals surface area contributed by atoms with Crippen LogP contribution < -0.4 is 10.6 Å². The van der Waals surface area contributed by atoms with E-state index in [1.165, 1.54) is 0 Å². The van der Waals surface area contributed by atoms with Crippen LogP contribution in [0, 0.1) is 25.7 Å². The van der Waals surface area contributed by atoms with Crippen molar-refractivity contribution < 1.29 is 19.5 Å². The van der Waals surface area contributed by atoms with Crippen molar-refractivity contribution in [3.05, 3.63) is 29.3 Å². The summed E-state index contributed by atoms with van der Waals surface area (Å²) in [7, 11) is 1.59. The second kappa shape index (κ2) is 7.52. The van der Waals surface area contributed by atoms with Crippen LogP contribution in [0.15, 0.2) is 18.2 Å². The van der Waals surface area contributed by atoms with Gasteiger partial charge >= 0.3 is 0 Å². The highest BCUT2D eigenvalue weighted by Crippen LogP contribution is 2.71. The maximum Gasteiger partial charge on any atom is 0.248 e. The highest BCUT2D eigenvalue weighted by molar-refractivity contribution is 8.02. The minimum absolute atomic E-state index is 0.151. The maximum absolute atomic E-state index is 13.7. The van der Waals surface area contributed by atoms with Crippen molar-refractivity contribution in [3.8, 4) is 0 Å². The van der Waals surface area contributed by atoms with Crippen LogP contribution in [0.1, 0.15) is 37.8 Å². The number of amides is 3. The molecule has 3 N–H and O–H groups in total. The molecule has 6 atom stereocenters. The largest absolute Gasteiger partial charge is 0.394 e. The fraction of sp³-hybridized carbons (Fsp3) is 0.609. The number of hydrogen-bond acceptors (Lipinski definition) is 5. The van der Waals surface area contributed by atoms with Crippen molar-refractivity contribution in [2.45, 2.75) is 62.1 Å². The molecule has 1 aromatic carbocycles. The molecular weight excluding hydrogens is 414 g/mol. The fourth-order valence-corrected chi connectivity index (χ4v) is 8.20. The Labute approximate surface area is 187 Å². The van der Waals surface area contributed by atoms with E-state index in [0.29, 0.717) is 6.42 Å². The van der Waals surface area contributed by atoms with Crippen LogP contribution in [0.2, 0.25) is 0 Å². The number of hydrogen-bond donors (Lipinski definition) is 3. The van der Waals surface area contributed by atoms with Gasteiger partial charge in [0.15, 0.2) is 0 Å². The Balaban J connectivity index is 1.78. The van der Waals surface area contributed by atoms with Gasteiger partial charge < -0.3 is 20.6 Å². The van der Waals surface area contributed by atoms with Gasteiger partial charge in [-0.3, -0.25) is 14.4 Å². The van der Waals surface area contributed by atoms with Crippen LogP contribution in [0.25, 0.3) is 0 Å². The second-order valence-corrected chi connectivity index (χ2v) is 11.3. The number of carbonyl (C=O) groups is 3. The average molecular weight is 446 g/mol. The molecule has 4 rings (SSSR count). The van der Waals surface area contributed by atoms with Crippen molar-refractivity contribution in [1.82, 2.24) is 10.2 Å². The Morgan fingerprint density at radius 3 is 2.65 bits per heavy atom. The Bertz CT molecular complexity index is 953. The molecular formula is C23H31N3O4S. The van der Waals surface area contributed by atoms with E-state index in [-0.39, 0.29) is 29.1 Å². The average Bonchev–Trinajstić information content (AvgIpc) is 3.30. The summed E-state index contributed by atoms with van der Waals surface area (Å²) in [5.74, 6) is -1.66. The second-order valence-electron chi connectivity index (χ2n) is 9.43. The number of nitrogens with zero attached hydrogens (tertiary/aromatic N) is 1. The van der Waals surface area contributed by atoms with Crippen LogP contribution in [0.5, 0.6) is 0 Å². The third-order valence-electron chi connectivity index (χ3n) is 7.38. The number of nitrogens with one attached hydrogen (secondary N) is 2. The number of rotatable bonds is 5. The highest BCUT2D eigenvalue weighted by Gasteiger charge is 2.77. The van der Waals surface area contributed by atoms with Crippen molar-refractivity contribution in [1.29, 1.82) is 0 Å². The zero-order valence-electron chi connectivity index (χ0n) is 18.7. The summed E-state index contributed by atoms with van der Waals surface area (Å²) in [4.78, 5) is 41.8. The number of aryl methyl sites for hydroxylation is 2. The zero-order chi connectivity index (χ0) is 22.7. The molecule has 2 unspecified atom stereocenters. The summed E-state index contributed by atoms with van der Waals surface area (Å²) >= 11 is 1.63. The van der Waals surface area contributed by atoms with Gasteiger partial charge in [0.2, 0.25) is 17.7 Å². The van der Waals surface area contributed by atoms with Gasteiger partial charge in [0, 0.05) is 17.5 Å². The zero-order valence-corrected chi connectivity index (χ0v) is 19.5. The topological polar surface area (TPSA) is 98.7 Å². The SMILES string of the molecule is CNC(=O)[C@H]1[C@H]2C(=O)N([C@H](C)CO)C(C(=O)Nc3cc(C)ccc3C)C23CC[C@]1(C)S3. The first kappa shape index (κ1) is 22.1. The predicted molar refractivity (Wildman–Crippen MR) is 121 cm³/mol. The van der Waals surface area contributed by atoms with Gasteiger partial charge in [-0.1, -0.05) is 12.1 Å². The fourth-order valence-electron chi connectivity index (χ4n) is 5.85. The summed E-state index contributed by atoms with van der Waals surface area (Å²) in [6.07, 6.45) is 1.46. The molecule has 0 saturated carbocycles. The number of carbonyl (C=O) groups excluding carboxylic acids is 3. The minimum Gasteiger partial charge on any atom is -0.394 e. The Morgan fingerprint density at radius 2 is 2.00 bits per heavy atom. The quantitative estimate of drug-likeness (QED) is 0.643. The normalized spacial score (nSPS) is 34.6. The molecule has 3 aliphatic heterocycles. The third kappa shape index (κ3) is 3.09. The highest BCUT2D eigenvalue weighted by atomic mass is 32.2. The standard InChI is InChI=1S/C23H31N3O4S/c1-12-6-7-13(2)15(10-12)25-20(29)18-23-9-8-22(4,31-23)16(19(28)24-5)17(23)21(30)26(18)14(3)11-27/h6-7,10,14,16-18,27H,8-9,11H2,1-5H3,(H,24,28)(H,25,29)/t14-,16-,17+,18?,22+,23?/m1/s1. The van der Waals surface area contributed by atoms with Gasteiger partial charge in [-0.25, -0.2) is 0 Å². The van der Waals surface area contributed by atoms with Gasteiger partial charge in [-0.05, 0) is 57.7 Å². The van der Waals surface area contributed by atoms with Crippen molar-refractivity contribution >= 4 is 35.2 Å². The van der Waals surface area contributed by atoms with Crippen molar-refractivity contribution in [2.24, 2.45) is 11.8 Å². The minimum atomic E-state index is -0.742. The number of benzene rings is 1. The Morgan fingerprint density at radius 1 is 1.29 bits per heavy atom. The molecule has 3 saturated heterocycles. The summed E-state index contributed by atoms with van der Waals surface area (Å²) < 4.78 is -1.05. The lowest BCUT2D eigenvalue weighted by Crippen LogP contribution is -2.54. The lowest BCUT2D eigenvalue weighted by molar-refractivity contribution is -0.142. The number of likely N-dealkylation sites (tertiary alicyclic amines) is 1. The summed E-state index contributed by atoms with van der Waals surface area (Å²) in [6.45, 7) is 7.45. The summed E-state index contributed by atoms with van der Waals surface area (Å²) in [6, 6.07) is 4.61. The predicted octanol–water partition coefficient (Wildman–Crippen LogP) is 1.85. The lowest BCUT2D eigenvalue weighted by atomic mass is 9.66. The Kier molecular flexibility index (Phi) is 5.37. The van der Waals surface area contributed by atoms with E-state index in [0.717, 1.165) is 23.2 Å². The van der Waals surface area contributed by atoms with Gasteiger partial charge in [0.05, 0.1) is 29.2 Å². The Hall–Kier alpha value is -2.06. The van der Waals surface area contributed by atoms with Crippen molar-refractivity contribution in [3.63, 3.8) is 0 Å². The smallest absolute Gasteiger partial charge is 0.248 e. The molecule has 8 heteroatoms. The third-order valence-corrected chi connectivity index (χ3v) is 9.37. The number of anilines is 1. The van der Waals surface area contributed by atoms with E-state index < -0.39 is 28.7 Å². The first-order chi connectivity index (χ1) is 14.6. The number of thioether (sulfide) groups is 1. The number of aliphatic hydroxyl groups excluding tert-OH is 1. The molecule has 3 heterocycles. The molecule has 1 aromatic rings. The van der Waals surface area contributed by atoms with Gasteiger partial charge in [-0.15, -0.1) is 11.8 Å². The van der Waals surface area contributed by atoms with Gasteiger partial charge in [0.25, 0.3) is 0 Å². The van der Waals surface area contributed by atoms with E-state index >= 15 is 0 Å². The number of fused-ring (bicyclic) bond motifs is 1. The van der Waals surface area contributed by atoms with E-state index in [4.69, 9.17) is 0 Å². The molecule has 0 aromatic heterocycles. The molecule has 2 bridgehead atoms. The summed E-state index contributed by atoms with van der Waals surface area (Å²) in [5, 5.41) is 15.7. The maximum atomic E-state index is 13.7. The van der Waals surface area contributed by atoms with E-state index in [1.54, 1.807) is 30.6 Å². The number of aliphatic hydroxyl groups is 1. The van der Waals surface area contributed by atoms with E-state index in [9.17, 15) is 19.5 Å². The van der Waals surface area contributed by atoms with Crippen LogP contribution in [-0.4, -0.2) is 63.0 Å². The molecule has 0 radical (unpaired) electrons. The monoisotopic (exact) mass is 445 g/mol. The van der Waals surface area contributed by atoms with E-state index in [2.05, 4.69) is 10.6 Å². The van der Waals surface area contributed by atoms with Crippen LogP contribution in [-0.2, 0) is 14.4 Å². The molecule has 168 valence electrons. The first-order valence-electron chi connectivity index (χ1n) is 10.8. The first-order valence-corrected chi connectivity index (χ1v) is 11.6. The van der Waals surface area contributed by atoms with Crippen molar-refractivity contribution in [2.75, 3.05) is 19.0 Å². The van der Waals surface area contributed by atoms with Crippen LogP contribution >= 0.6 is 11.8 Å². The molecule has 31 heavy (non-hydrogen) atoms. The molecule has 3 amide bonds. The van der Waals surface area contributed by atoms with Crippen LogP contribution in [0.4, 0.5) is 5.69 Å². The molecule has 0 aliphatic carbocycles. The molecule has 3 fully saturated rings. The van der Waals surface area contributed by atoms with E-state index in [1.807, 2.05) is 39.0 Å². The van der Waals surface area contributed by atoms with Gasteiger partial charge in [0.1, 0.15) is 6.04 Å². The summed E-state index contributed by atoms with van der Waals surface area (Å²) in [5.41, 5.74) is 2.70. The molecule has 7 nitrogen and oxygen atoms in total. The molecule has 1 spiro atoms. The lowest BCUT2D eigenvalue weighted by Gasteiger charge is -2.36. The van der Waals surface area contributed by atoms with Crippen LogP contribution in [0.3, 0.4) is 0 Å². The molecule has 3 aliphatic rings. The van der Waals surface area contributed by atoms with Gasteiger partial charge in [-0.2, -0.15) is 0 Å².